The standard InChI is InChI=1S/C22H31N5O.C6H4F2.C2H6/c28-22(26-12-5-6-18(17-26)16-24-8-1-2-9-24)20-15-23-27-13-7-19(14-21(20)27)25-10-3-4-11-25;7-5-1-2-6(8)4-3-5;1-2/h7,13-15,18H,1-6,8-12,16-17H2;1-4H;1-2H3. The minimum Gasteiger partial charge on any atom is -0.371 e. The third-order valence-corrected chi connectivity index (χ3v) is 7.53. The van der Waals surface area contributed by atoms with Gasteiger partial charge in [-0.3, -0.25) is 4.79 Å². The van der Waals surface area contributed by atoms with Crippen LogP contribution in [-0.2, 0) is 0 Å². The largest absolute Gasteiger partial charge is 0.371 e. The fourth-order valence-electron chi connectivity index (χ4n) is 5.64. The molecule has 206 valence electrons. The fourth-order valence-corrected chi connectivity index (χ4v) is 5.64. The lowest BCUT2D eigenvalue weighted by Gasteiger charge is -2.34. The lowest BCUT2D eigenvalue weighted by atomic mass is 9.97. The van der Waals surface area contributed by atoms with Gasteiger partial charge >= 0.3 is 0 Å². The van der Waals surface area contributed by atoms with Crippen LogP contribution in [0.15, 0.2) is 48.8 Å². The topological polar surface area (TPSA) is 44.1 Å². The summed E-state index contributed by atoms with van der Waals surface area (Å²) in [5.41, 5.74) is 2.91. The van der Waals surface area contributed by atoms with Crippen LogP contribution in [0.1, 0.15) is 62.7 Å². The number of aromatic nitrogens is 2. The van der Waals surface area contributed by atoms with Gasteiger partial charge in [0, 0.05) is 44.6 Å². The van der Waals surface area contributed by atoms with Gasteiger partial charge in [-0.25, -0.2) is 13.3 Å². The maximum absolute atomic E-state index is 13.3. The van der Waals surface area contributed by atoms with Crippen LogP contribution in [0.5, 0.6) is 0 Å². The summed E-state index contributed by atoms with van der Waals surface area (Å²) in [6.45, 7) is 11.6. The molecule has 3 aliphatic heterocycles. The summed E-state index contributed by atoms with van der Waals surface area (Å²) in [6, 6.07) is 8.58. The molecule has 5 heterocycles. The van der Waals surface area contributed by atoms with Gasteiger partial charge in [-0.05, 0) is 93.9 Å². The van der Waals surface area contributed by atoms with Crippen molar-refractivity contribution in [1.82, 2.24) is 19.4 Å². The average molecular weight is 526 g/mol. The van der Waals surface area contributed by atoms with E-state index in [4.69, 9.17) is 0 Å². The predicted octanol–water partition coefficient (Wildman–Crippen LogP) is 5.87. The van der Waals surface area contributed by atoms with E-state index in [0.29, 0.717) is 5.92 Å². The SMILES string of the molecule is CC.Fc1ccc(F)cc1.O=C(c1cnn2ccc(N3CCCC3)cc12)N1CCCC(CN2CCCC2)C1. The summed E-state index contributed by atoms with van der Waals surface area (Å²) in [4.78, 5) is 20.4. The number of nitrogens with zero attached hydrogens (tertiary/aromatic N) is 5. The van der Waals surface area contributed by atoms with E-state index in [1.165, 1.54) is 50.9 Å². The van der Waals surface area contributed by atoms with E-state index in [1.807, 2.05) is 24.6 Å². The van der Waals surface area contributed by atoms with Crippen LogP contribution in [0.4, 0.5) is 14.5 Å². The Labute approximate surface area is 225 Å². The van der Waals surface area contributed by atoms with E-state index >= 15 is 0 Å². The monoisotopic (exact) mass is 525 g/mol. The maximum atomic E-state index is 13.3. The second-order valence-electron chi connectivity index (χ2n) is 10.2. The molecule has 0 radical (unpaired) electrons. The number of halogens is 2. The number of fused-ring (bicyclic) bond motifs is 1. The average Bonchev–Trinajstić information content (AvgIpc) is 3.74. The van der Waals surface area contributed by atoms with Gasteiger partial charge in [0.05, 0.1) is 17.3 Å². The molecule has 6 nitrogen and oxygen atoms in total. The summed E-state index contributed by atoms with van der Waals surface area (Å²) in [5.74, 6) is -0.0599. The van der Waals surface area contributed by atoms with Gasteiger partial charge in [0.15, 0.2) is 0 Å². The number of hydrogen-bond acceptors (Lipinski definition) is 4. The number of hydrogen-bond donors (Lipinski definition) is 0. The van der Waals surface area contributed by atoms with E-state index in [-0.39, 0.29) is 5.91 Å². The van der Waals surface area contributed by atoms with Crippen LogP contribution >= 0.6 is 0 Å². The van der Waals surface area contributed by atoms with Gasteiger partial charge < -0.3 is 14.7 Å². The summed E-state index contributed by atoms with van der Waals surface area (Å²) in [6.07, 6.45) is 11.3. The molecule has 0 aliphatic carbocycles. The van der Waals surface area contributed by atoms with Gasteiger partial charge in [-0.2, -0.15) is 5.10 Å². The van der Waals surface area contributed by atoms with E-state index in [1.54, 1.807) is 6.20 Å². The molecule has 38 heavy (non-hydrogen) atoms. The summed E-state index contributed by atoms with van der Waals surface area (Å²) in [5, 5.41) is 4.45. The Kier molecular flexibility index (Phi) is 10.1. The summed E-state index contributed by atoms with van der Waals surface area (Å²) < 4.78 is 25.7. The third-order valence-electron chi connectivity index (χ3n) is 7.53. The molecule has 3 saturated heterocycles. The highest BCUT2D eigenvalue weighted by atomic mass is 19.1. The molecule has 6 rings (SSSR count). The molecule has 2 aromatic heterocycles. The predicted molar refractivity (Wildman–Crippen MR) is 149 cm³/mol. The zero-order valence-corrected chi connectivity index (χ0v) is 22.8. The van der Waals surface area contributed by atoms with E-state index in [2.05, 4.69) is 31.9 Å². The number of pyridine rings is 1. The number of piperidine rings is 1. The van der Waals surface area contributed by atoms with Gasteiger partial charge in [-0.1, -0.05) is 13.8 Å². The van der Waals surface area contributed by atoms with Gasteiger partial charge in [0.25, 0.3) is 5.91 Å². The first-order valence-corrected chi connectivity index (χ1v) is 14.2. The molecular formula is C30H41F2N5O. The highest BCUT2D eigenvalue weighted by molar-refractivity contribution is 6.01. The summed E-state index contributed by atoms with van der Waals surface area (Å²) >= 11 is 0. The molecule has 1 amide bonds. The van der Waals surface area contributed by atoms with Crippen LogP contribution in [0.2, 0.25) is 0 Å². The van der Waals surface area contributed by atoms with Crippen molar-refractivity contribution in [2.45, 2.75) is 52.4 Å². The van der Waals surface area contributed by atoms with Gasteiger partial charge in [0.1, 0.15) is 11.6 Å². The molecule has 3 aliphatic rings. The van der Waals surface area contributed by atoms with Crippen LogP contribution in [-0.4, -0.2) is 71.1 Å². The molecular weight excluding hydrogens is 484 g/mol. The lowest BCUT2D eigenvalue weighted by molar-refractivity contribution is 0.0650. The number of anilines is 1. The maximum Gasteiger partial charge on any atom is 0.257 e. The Bertz CT molecular complexity index is 1130. The van der Waals surface area contributed by atoms with Crippen molar-refractivity contribution < 1.29 is 13.6 Å². The number of carbonyl (C=O) groups excluding carboxylic acids is 1. The molecule has 0 saturated carbocycles. The van der Waals surface area contributed by atoms with Crippen molar-refractivity contribution in [2.24, 2.45) is 5.92 Å². The van der Waals surface area contributed by atoms with Crippen molar-refractivity contribution in [1.29, 1.82) is 0 Å². The van der Waals surface area contributed by atoms with Gasteiger partial charge in [-0.15, -0.1) is 0 Å². The van der Waals surface area contributed by atoms with Crippen LogP contribution in [0.25, 0.3) is 5.52 Å². The molecule has 0 N–H and O–H groups in total. The van der Waals surface area contributed by atoms with Gasteiger partial charge in [0.2, 0.25) is 0 Å². The zero-order chi connectivity index (χ0) is 26.9. The van der Waals surface area contributed by atoms with Crippen molar-refractivity contribution in [2.75, 3.05) is 50.7 Å². The van der Waals surface area contributed by atoms with Crippen molar-refractivity contribution in [3.63, 3.8) is 0 Å². The molecule has 1 aromatic carbocycles. The van der Waals surface area contributed by atoms with Crippen molar-refractivity contribution in [3.8, 4) is 0 Å². The lowest BCUT2D eigenvalue weighted by Crippen LogP contribution is -2.43. The Morgan fingerprint density at radius 1 is 0.895 bits per heavy atom. The van der Waals surface area contributed by atoms with Crippen molar-refractivity contribution in [3.05, 3.63) is 66.0 Å². The molecule has 0 bridgehead atoms. The number of amides is 1. The second kappa shape index (κ2) is 13.7. The van der Waals surface area contributed by atoms with Crippen LogP contribution in [0, 0.1) is 17.6 Å². The Morgan fingerprint density at radius 3 is 2.18 bits per heavy atom. The molecule has 8 heteroatoms. The van der Waals surface area contributed by atoms with E-state index in [9.17, 15) is 13.6 Å². The van der Waals surface area contributed by atoms with Crippen molar-refractivity contribution >= 4 is 17.1 Å². The smallest absolute Gasteiger partial charge is 0.257 e. The zero-order valence-electron chi connectivity index (χ0n) is 22.8. The number of likely N-dealkylation sites (tertiary alicyclic amines) is 2. The van der Waals surface area contributed by atoms with Crippen LogP contribution in [0.3, 0.4) is 0 Å². The molecule has 1 unspecified atom stereocenters. The highest BCUT2D eigenvalue weighted by Gasteiger charge is 2.28. The van der Waals surface area contributed by atoms with E-state index < -0.39 is 11.6 Å². The Hall–Kier alpha value is -3.00. The van der Waals surface area contributed by atoms with E-state index in [0.717, 1.165) is 74.5 Å². The first-order chi connectivity index (χ1) is 18.6. The quantitative estimate of drug-likeness (QED) is 0.427. The minimum absolute atomic E-state index is 0.152. The minimum atomic E-state index is -0.411. The molecule has 3 aromatic rings. The van der Waals surface area contributed by atoms with Crippen LogP contribution < -0.4 is 4.90 Å². The first kappa shape index (κ1) is 28.0. The fraction of sp³-hybridized carbons (Fsp3) is 0.533. The highest BCUT2D eigenvalue weighted by Crippen LogP contribution is 2.26. The molecule has 0 spiro atoms. The molecule has 1 atom stereocenters. The Balaban J connectivity index is 0.000000287. The number of rotatable bonds is 4. The third kappa shape index (κ3) is 7.10. The number of carbonyl (C=O) groups is 1. The number of benzene rings is 1. The molecule has 3 fully saturated rings. The second-order valence-corrected chi connectivity index (χ2v) is 10.2. The first-order valence-electron chi connectivity index (χ1n) is 14.2. The summed E-state index contributed by atoms with van der Waals surface area (Å²) in [7, 11) is 0. The Morgan fingerprint density at radius 2 is 1.53 bits per heavy atom. The normalized spacial score (nSPS) is 19.6.